The fraction of sp³-hybridized carbons (Fsp3) is 1.00. The zero-order valence-electron chi connectivity index (χ0n) is 8.27. The summed E-state index contributed by atoms with van der Waals surface area (Å²) in [4.78, 5) is 0. The minimum Gasteiger partial charge on any atom is -0.170 e. The van der Waals surface area contributed by atoms with Crippen LogP contribution >= 0.6 is 66.5 Å². The first-order valence-corrected chi connectivity index (χ1v) is 23.0. The first kappa shape index (κ1) is 16.6. The van der Waals surface area contributed by atoms with Crippen LogP contribution in [-0.4, -0.2) is 25.3 Å². The van der Waals surface area contributed by atoms with E-state index in [-0.39, 0.29) is 0 Å². The fourth-order valence-corrected chi connectivity index (χ4v) is 80.2. The van der Waals surface area contributed by atoms with Gasteiger partial charge in [0.1, 0.15) is 0 Å². The fourth-order valence-electron chi connectivity index (χ4n) is 0.824. The average molecular weight is 385 g/mol. The predicted octanol–water partition coefficient (Wildman–Crippen LogP) is 4.95. The van der Waals surface area contributed by atoms with E-state index in [1.165, 1.54) is 0 Å². The Bertz CT molecular complexity index is 191. The van der Waals surface area contributed by atoms with Crippen molar-refractivity contribution in [2.75, 3.05) is 0 Å². The van der Waals surface area contributed by atoms with Gasteiger partial charge in [0.05, 0.1) is 0 Å². The summed E-state index contributed by atoms with van der Waals surface area (Å²) in [5.74, 6) is 0. The van der Waals surface area contributed by atoms with Crippen LogP contribution in [0.5, 0.6) is 0 Å². The lowest BCUT2D eigenvalue weighted by Gasteiger charge is -2.41. The van der Waals surface area contributed by atoms with E-state index in [4.69, 9.17) is 66.5 Å². The van der Waals surface area contributed by atoms with Crippen molar-refractivity contribution in [1.82, 2.24) is 0 Å². The molecule has 10 heteroatoms. The lowest BCUT2D eigenvalue weighted by Crippen LogP contribution is -2.72. The van der Waals surface area contributed by atoms with Gasteiger partial charge in [0, 0.05) is 0 Å². The molecule has 0 nitrogen and oxygen atoms in total. The molecule has 0 rings (SSSR count). The van der Waals surface area contributed by atoms with Gasteiger partial charge in [-0.15, -0.1) is 44.3 Å². The van der Waals surface area contributed by atoms with Crippen LogP contribution in [0, 0.1) is 0 Å². The minimum atomic E-state index is -2.49. The summed E-state index contributed by atoms with van der Waals surface area (Å²) in [6.07, 6.45) is -9.82. The van der Waals surface area contributed by atoms with Crippen molar-refractivity contribution in [3.05, 3.63) is 0 Å². The smallest absolute Gasteiger partial charge is 0.170 e. The van der Waals surface area contributed by atoms with Crippen molar-refractivity contribution < 1.29 is 0 Å². The molecule has 0 aromatic carbocycles. The van der Waals surface area contributed by atoms with Crippen molar-refractivity contribution in [2.24, 2.45) is 0 Å². The van der Waals surface area contributed by atoms with Crippen molar-refractivity contribution in [2.45, 2.75) is 26.2 Å². The van der Waals surface area contributed by atoms with E-state index in [1.54, 1.807) is 13.1 Å². The van der Waals surface area contributed by atoms with Gasteiger partial charge in [-0.05, 0) is 13.1 Å². The van der Waals surface area contributed by atoms with Crippen LogP contribution in [0.4, 0.5) is 0 Å². The summed E-state index contributed by atoms with van der Waals surface area (Å²) in [7, 11) is 0. The zero-order valence-corrected chi connectivity index (χ0v) is 16.8. The third-order valence-corrected chi connectivity index (χ3v) is 83.1. The van der Waals surface area contributed by atoms with Crippen molar-refractivity contribution in [1.29, 1.82) is 0 Å². The maximum Gasteiger partial charge on any atom is 0.252 e. The molecule has 86 valence electrons. The van der Waals surface area contributed by atoms with Gasteiger partial charge >= 0.3 is 0 Å². The average Bonchev–Trinajstić information content (AvgIpc) is 1.81. The van der Waals surface area contributed by atoms with E-state index in [9.17, 15) is 0 Å². The molecule has 0 aliphatic rings. The van der Waals surface area contributed by atoms with Gasteiger partial charge in [-0.3, -0.25) is 0 Å². The maximum atomic E-state index is 6.52. The van der Waals surface area contributed by atoms with Crippen molar-refractivity contribution in [3.63, 3.8) is 0 Å². The molecule has 0 aromatic rings. The molecule has 0 aromatic heterocycles. The van der Waals surface area contributed by atoms with Crippen LogP contribution < -0.4 is 0 Å². The van der Waals surface area contributed by atoms with Crippen molar-refractivity contribution >= 4 is 91.7 Å². The van der Waals surface area contributed by atoms with Crippen LogP contribution in [0.3, 0.4) is 0 Å². The standard InChI is InChI=1S/C4H12Cl6Si4/c1-11(5,6)13(3,9)14(4,10)12(2,7)8/h1-4H3. The maximum absolute atomic E-state index is 6.52. The van der Waals surface area contributed by atoms with Gasteiger partial charge in [0.15, 0.2) is 12.8 Å². The molecule has 0 spiro atoms. The molecular formula is C4H12Cl6Si4. The van der Waals surface area contributed by atoms with Gasteiger partial charge in [-0.2, -0.15) is 22.2 Å². The molecule has 14 heavy (non-hydrogen) atoms. The topological polar surface area (TPSA) is 0 Å². The van der Waals surface area contributed by atoms with E-state index in [0.29, 0.717) is 0 Å². The third-order valence-electron chi connectivity index (χ3n) is 2.53. The Balaban J connectivity index is 5.30. The molecular weight excluding hydrogens is 373 g/mol. The minimum absolute atomic E-state index is 1.80. The third kappa shape index (κ3) is 3.09. The lowest BCUT2D eigenvalue weighted by molar-refractivity contribution is 2.10. The monoisotopic (exact) mass is 382 g/mol. The Morgan fingerprint density at radius 1 is 0.500 bits per heavy atom. The van der Waals surface area contributed by atoms with Crippen LogP contribution in [0.1, 0.15) is 0 Å². The van der Waals surface area contributed by atoms with Gasteiger partial charge in [-0.25, -0.2) is 0 Å². The highest BCUT2D eigenvalue weighted by Crippen LogP contribution is 2.45. The molecule has 0 heterocycles. The molecule has 0 saturated carbocycles. The molecule has 0 bridgehead atoms. The second-order valence-electron chi connectivity index (χ2n) is 3.78. The lowest BCUT2D eigenvalue weighted by atomic mass is 11.9. The van der Waals surface area contributed by atoms with Gasteiger partial charge in [-0.1, -0.05) is 13.1 Å². The SMILES string of the molecule is C[Si](Cl)(Cl)[Si](C)(Cl)[Si](C)(Cl)[Si](C)(Cl)Cl. The molecule has 0 N–H and O–H groups in total. The molecule has 0 aliphatic heterocycles. The quantitative estimate of drug-likeness (QED) is 0.477. The van der Waals surface area contributed by atoms with Gasteiger partial charge < -0.3 is 0 Å². The van der Waals surface area contributed by atoms with E-state index in [1.807, 2.05) is 13.1 Å². The summed E-state index contributed by atoms with van der Waals surface area (Å²) in [5.41, 5.74) is 0. The molecule has 0 radical (unpaired) electrons. The molecule has 0 fully saturated rings. The van der Waals surface area contributed by atoms with Crippen LogP contribution in [-0.2, 0) is 0 Å². The summed E-state index contributed by atoms with van der Waals surface area (Å²) in [5, 5.41) is 0. The summed E-state index contributed by atoms with van der Waals surface area (Å²) in [6, 6.07) is 0. The predicted molar refractivity (Wildman–Crippen MR) is 81.6 cm³/mol. The van der Waals surface area contributed by atoms with Gasteiger partial charge in [0.25, 0.3) is 12.4 Å². The molecule has 0 saturated heterocycles. The van der Waals surface area contributed by atoms with Crippen LogP contribution in [0.2, 0.25) is 26.2 Å². The molecule has 2 unspecified atom stereocenters. The summed E-state index contributed by atoms with van der Waals surface area (Å²) >= 11 is 37.9. The Hall–Kier alpha value is 2.61. The van der Waals surface area contributed by atoms with Crippen molar-refractivity contribution in [3.8, 4) is 0 Å². The first-order chi connectivity index (χ1) is 5.75. The second-order valence-corrected chi connectivity index (χ2v) is 54.7. The van der Waals surface area contributed by atoms with E-state index in [0.717, 1.165) is 0 Å². The largest absolute Gasteiger partial charge is 0.252 e. The number of rotatable bonds is 3. The number of halogens is 6. The highest BCUT2D eigenvalue weighted by molar-refractivity contribution is 8.14. The van der Waals surface area contributed by atoms with E-state index < -0.39 is 25.3 Å². The van der Waals surface area contributed by atoms with Crippen LogP contribution in [0.15, 0.2) is 0 Å². The highest BCUT2D eigenvalue weighted by atomic mass is 35.7. The Morgan fingerprint density at radius 2 is 0.643 bits per heavy atom. The second kappa shape index (κ2) is 4.70. The summed E-state index contributed by atoms with van der Waals surface area (Å²) < 4.78 is 0. The van der Waals surface area contributed by atoms with Crippen LogP contribution in [0.25, 0.3) is 0 Å². The van der Waals surface area contributed by atoms with Gasteiger partial charge in [0.2, 0.25) is 0 Å². The Labute approximate surface area is 117 Å². The number of hydrogen-bond donors (Lipinski definition) is 0. The first-order valence-electron chi connectivity index (χ1n) is 3.88. The zero-order chi connectivity index (χ0) is 12.0. The summed E-state index contributed by atoms with van der Waals surface area (Å²) in [6.45, 7) is 7.40. The van der Waals surface area contributed by atoms with E-state index in [2.05, 4.69) is 0 Å². The normalized spacial score (nSPS) is 22.7. The van der Waals surface area contributed by atoms with E-state index >= 15 is 0 Å². The molecule has 2 atom stereocenters. The molecule has 0 aliphatic carbocycles. The number of hydrogen-bond acceptors (Lipinski definition) is 0. The Kier molecular flexibility index (Phi) is 5.58. The Morgan fingerprint density at radius 3 is 0.714 bits per heavy atom. The highest BCUT2D eigenvalue weighted by Gasteiger charge is 2.67. The molecule has 0 amide bonds.